The van der Waals surface area contributed by atoms with Crippen molar-refractivity contribution in [3.8, 4) is 46.0 Å². The van der Waals surface area contributed by atoms with E-state index < -0.39 is 11.6 Å². The van der Waals surface area contributed by atoms with Crippen LogP contribution in [0.4, 0.5) is 0 Å². The zero-order chi connectivity index (χ0) is 97.4. The van der Waals surface area contributed by atoms with Gasteiger partial charge in [0.25, 0.3) is 11.6 Å². The fraction of sp³-hybridized carbons (Fsp3) is 0.339. The topological polar surface area (TPSA) is 73.8 Å². The van der Waals surface area contributed by atoms with Gasteiger partial charge in [0.1, 0.15) is 54.8 Å². The summed E-state index contributed by atoms with van der Waals surface area (Å²) >= 11 is 0. The van der Waals surface area contributed by atoms with Crippen LogP contribution in [0, 0.1) is 10.8 Å². The summed E-state index contributed by atoms with van der Waals surface area (Å²) in [6.45, 7) is 51.2. The second-order valence-electron chi connectivity index (χ2n) is 34.4. The van der Waals surface area contributed by atoms with E-state index >= 15 is 0 Å². The lowest BCUT2D eigenvalue weighted by Gasteiger charge is -2.51. The summed E-state index contributed by atoms with van der Waals surface area (Å²) in [6, 6.07) is 102. The molecule has 135 heavy (non-hydrogen) atoms. The Morgan fingerprint density at radius 3 is 0.807 bits per heavy atom. The van der Waals surface area contributed by atoms with Gasteiger partial charge in [0.05, 0.1) is 12.8 Å². The van der Waals surface area contributed by atoms with Gasteiger partial charge in [-0.25, -0.2) is 0 Å². The Kier molecular flexibility index (Phi) is 38.0. The molecule has 14 aromatic rings. The molecule has 14 aromatic carbocycles. The second kappa shape index (κ2) is 49.1. The lowest BCUT2D eigenvalue weighted by Crippen LogP contribution is -2.55. The number of allylic oxidation sites excluding steroid dienone is 4. The third-order valence-corrected chi connectivity index (χ3v) is 25.2. The van der Waals surface area contributed by atoms with E-state index in [0.717, 1.165) is 97.4 Å². The lowest BCUT2D eigenvalue weighted by atomic mass is 9.63. The monoisotopic (exact) mass is 1810 g/mol. The summed E-state index contributed by atoms with van der Waals surface area (Å²) in [7, 11) is 0. The number of benzene rings is 14. The maximum absolute atomic E-state index is 6.47. The van der Waals surface area contributed by atoms with Gasteiger partial charge >= 0.3 is 0 Å². The summed E-state index contributed by atoms with van der Waals surface area (Å²) < 4.78 is 49.3. The first-order chi connectivity index (χ1) is 66.1. The smallest absolute Gasteiger partial charge is 0.259 e. The minimum Gasteiger partial charge on any atom is -0.489 e. The molecule has 0 amide bonds. The maximum atomic E-state index is 6.47. The van der Waals surface area contributed by atoms with E-state index in [0.29, 0.717) is 26.4 Å². The molecule has 10 aliphatic rings. The van der Waals surface area contributed by atoms with Crippen LogP contribution >= 0.6 is 0 Å². The molecule has 8 nitrogen and oxygen atoms in total. The van der Waals surface area contributed by atoms with Gasteiger partial charge in [-0.2, -0.15) is 0 Å². The first-order valence-electron chi connectivity index (χ1n) is 50.7. The second-order valence-corrected chi connectivity index (χ2v) is 34.4. The molecule has 0 saturated heterocycles. The van der Waals surface area contributed by atoms with E-state index in [-0.39, 0.29) is 27.1 Å². The highest BCUT2D eigenvalue weighted by Gasteiger charge is 2.54. The Bertz CT molecular complexity index is 5740. The molecule has 0 fully saturated rings. The summed E-state index contributed by atoms with van der Waals surface area (Å²) in [5.41, 5.74) is 16.4. The largest absolute Gasteiger partial charge is 0.489 e. The first kappa shape index (κ1) is 105. The molecule has 6 aliphatic heterocycles. The molecule has 5 spiro atoms. The van der Waals surface area contributed by atoms with Crippen molar-refractivity contribution in [1.82, 2.24) is 0 Å². The molecule has 4 aliphatic carbocycles. The molecule has 24 rings (SSSR count). The average molecular weight is 1810 g/mol. The van der Waals surface area contributed by atoms with Crippen LogP contribution in [-0.4, -0.2) is 38.0 Å². The van der Waals surface area contributed by atoms with Gasteiger partial charge in [-0.15, -0.1) is 0 Å². The molecule has 0 unspecified atom stereocenters. The van der Waals surface area contributed by atoms with Crippen molar-refractivity contribution >= 4 is 67.4 Å². The van der Waals surface area contributed by atoms with Gasteiger partial charge in [0.2, 0.25) is 0 Å². The minimum atomic E-state index is -0.588. The summed E-state index contributed by atoms with van der Waals surface area (Å²) in [6.07, 6.45) is 26.4. The Morgan fingerprint density at radius 1 is 0.222 bits per heavy atom. The van der Waals surface area contributed by atoms with Crippen molar-refractivity contribution in [2.45, 2.75) is 245 Å². The predicted molar refractivity (Wildman–Crippen MR) is 579 cm³/mol. The zero-order valence-corrected chi connectivity index (χ0v) is 85.6. The fourth-order valence-corrected chi connectivity index (χ4v) is 19.6. The Labute approximate surface area is 810 Å². The van der Waals surface area contributed by atoms with Gasteiger partial charge in [0.15, 0.2) is 23.0 Å². The number of fused-ring (bicyclic) bond motifs is 16. The summed E-state index contributed by atoms with van der Waals surface area (Å²) in [5.74, 6) is 5.75. The van der Waals surface area contributed by atoms with Crippen molar-refractivity contribution in [2.24, 2.45) is 10.8 Å². The highest BCUT2D eigenvalue weighted by molar-refractivity contribution is 5.90. The quantitative estimate of drug-likeness (QED) is 0.149. The third kappa shape index (κ3) is 23.5. The van der Waals surface area contributed by atoms with Crippen LogP contribution in [-0.2, 0) is 41.9 Å². The Morgan fingerprint density at radius 2 is 0.481 bits per heavy atom. The van der Waals surface area contributed by atoms with Crippen molar-refractivity contribution in [3.63, 3.8) is 0 Å². The van der Waals surface area contributed by atoms with Crippen LogP contribution < -0.4 is 37.9 Å². The highest BCUT2D eigenvalue weighted by Crippen LogP contribution is 2.55. The van der Waals surface area contributed by atoms with Gasteiger partial charge in [-0.1, -0.05) is 433 Å². The molecule has 6 heterocycles. The summed E-state index contributed by atoms with van der Waals surface area (Å²) in [4.78, 5) is 0. The Balaban J connectivity index is 0.000000167. The number of para-hydroxylation sites is 6. The highest BCUT2D eigenvalue weighted by atomic mass is 16.7. The molecule has 0 bridgehead atoms. The van der Waals surface area contributed by atoms with Crippen molar-refractivity contribution < 1.29 is 37.9 Å². The van der Waals surface area contributed by atoms with Crippen LogP contribution in [0.25, 0.3) is 67.4 Å². The standard InChI is InChI=1S/C27H20.C23H16O2.C21H24O2.C19H16.C17H16O4.10C2H6/c1-3-7-21-15-25-17-27(11-9-23(25)13-19(21)5-1)12-10-24-14-20-6-2-4-8-22(20)16-26(24)18-27;1-3-7-17-11-21-19(9-15(17)5-1)13-23(24-21)14-20-10-16-6-2-4-8-18(16)12-22(20)25-23;1-19(2)13-21(22-17-11-7-5-9-15(17)19)14-20(3,4)16-10-6-8-12-18(16)23-21;1-3-11-17-15(7-1)9-5-13-19(17)14-6-10-16-8-2-4-12-18(16)19;1-2-6-14-13(5-1)18-9-17(10-19-14)11-20-15-7-3-4-8-16(15)21-12-17;10*1-2/h1-16H,17-18H2;1-12H,13-14H2;5-12H,13-14H2,1-4H3;1-12H,13-14H2;1-8H,9-12H2;10*1-2H3. The predicted octanol–water partition coefficient (Wildman–Crippen LogP) is 35.3. The molecule has 0 N–H and O–H groups in total. The van der Waals surface area contributed by atoms with Crippen molar-refractivity contribution in [1.29, 1.82) is 0 Å². The van der Waals surface area contributed by atoms with Gasteiger partial charge in [0, 0.05) is 56.8 Å². The van der Waals surface area contributed by atoms with Gasteiger partial charge < -0.3 is 37.9 Å². The van der Waals surface area contributed by atoms with E-state index in [4.69, 9.17) is 37.9 Å². The first-order valence-corrected chi connectivity index (χ1v) is 50.7. The van der Waals surface area contributed by atoms with E-state index in [9.17, 15) is 0 Å². The minimum absolute atomic E-state index is 0.0250. The van der Waals surface area contributed by atoms with Crippen LogP contribution in [0.1, 0.15) is 259 Å². The van der Waals surface area contributed by atoms with E-state index in [1.54, 1.807) is 0 Å². The van der Waals surface area contributed by atoms with E-state index in [1.165, 1.54) is 110 Å². The molecule has 0 saturated carbocycles. The van der Waals surface area contributed by atoms with Crippen molar-refractivity contribution in [2.75, 3.05) is 26.4 Å². The van der Waals surface area contributed by atoms with E-state index in [1.807, 2.05) is 199 Å². The lowest BCUT2D eigenvalue weighted by molar-refractivity contribution is -0.166. The number of hydrogen-bond donors (Lipinski definition) is 0. The number of rotatable bonds is 0. The van der Waals surface area contributed by atoms with Crippen molar-refractivity contribution in [3.05, 3.63) is 382 Å². The Hall–Kier alpha value is -12.5. The molecular weight excluding hydrogens is 1650 g/mol. The normalized spacial score (nSPS) is 16.1. The zero-order valence-electron chi connectivity index (χ0n) is 85.6. The van der Waals surface area contributed by atoms with Crippen LogP contribution in [0.5, 0.6) is 46.0 Å². The van der Waals surface area contributed by atoms with Crippen LogP contribution in [0.2, 0.25) is 0 Å². The molecular formula is C127H152O8. The number of ether oxygens (including phenoxy) is 8. The maximum Gasteiger partial charge on any atom is 0.259 e. The third-order valence-electron chi connectivity index (χ3n) is 25.2. The molecule has 708 valence electrons. The molecule has 8 heteroatoms. The molecule has 0 radical (unpaired) electrons. The SMILES string of the molecule is C1=CC2(C=Cc3cc4ccccc4cc3C2)Cc2cc3ccccc3cc21.C1=Cc2ccccc2C2(C1)CC=Cc1ccccc12.CC.CC.CC.CC.CC.CC.CC.CC.CC.CC.CC1(C)CC2(CC(C)(C)c3ccccc3O2)Oc2ccccc21.c1ccc2c(c1)OCC1(CO2)COc2ccccc2OC1.c1ccc2cc3c(cc2c1)CC1(Cc2cc4ccccc4cc2O1)O3. The van der Waals surface area contributed by atoms with Crippen LogP contribution in [0.15, 0.2) is 315 Å². The summed E-state index contributed by atoms with van der Waals surface area (Å²) in [5, 5.41) is 10.3. The molecule has 0 atom stereocenters. The van der Waals surface area contributed by atoms with E-state index in [2.05, 4.69) is 307 Å². The van der Waals surface area contributed by atoms with Gasteiger partial charge in [-0.3, -0.25) is 0 Å². The number of hydrogen-bond acceptors (Lipinski definition) is 8. The van der Waals surface area contributed by atoms with Gasteiger partial charge in [-0.05, 0) is 186 Å². The van der Waals surface area contributed by atoms with Crippen LogP contribution in [0.3, 0.4) is 0 Å². The average Bonchev–Trinajstić information content (AvgIpc) is 0.757. The molecule has 0 aromatic heterocycles. The fourth-order valence-electron chi connectivity index (χ4n) is 19.6.